The summed E-state index contributed by atoms with van der Waals surface area (Å²) >= 11 is 5.31. The summed E-state index contributed by atoms with van der Waals surface area (Å²) in [7, 11) is 0. The number of carboxylic acid groups (broad SMARTS) is 1. The molecule has 0 fully saturated rings. The van der Waals surface area contributed by atoms with Gasteiger partial charge in [0.2, 0.25) is 11.8 Å². The normalized spacial score (nSPS) is 9.98. The number of amides is 2. The van der Waals surface area contributed by atoms with Crippen molar-refractivity contribution >= 4 is 34.6 Å². The molecule has 46 heavy (non-hydrogen) atoms. The molecular weight excluding hydrogens is 604 g/mol. The van der Waals surface area contributed by atoms with Crippen LogP contribution in [0.1, 0.15) is 85.9 Å². The third-order valence-electron chi connectivity index (χ3n) is 5.89. The maximum absolute atomic E-state index is 11.0. The summed E-state index contributed by atoms with van der Waals surface area (Å²) in [5.41, 5.74) is 14.0. The molecular formula is C36H47ClN4O5. The number of hydrogen-bond donors (Lipinski definition) is 5. The number of nitrogens with two attached hydrogens (primary N) is 2. The Labute approximate surface area is 283 Å². The van der Waals surface area contributed by atoms with Crippen LogP contribution in [0.3, 0.4) is 0 Å². The lowest BCUT2D eigenvalue weighted by atomic mass is 10.1. The summed E-state index contributed by atoms with van der Waals surface area (Å²) in [6.07, 6.45) is 7.50. The van der Waals surface area contributed by atoms with Gasteiger partial charge in [-0.05, 0) is 116 Å². The maximum Gasteiger partial charge on any atom is 0.335 e. The van der Waals surface area contributed by atoms with Gasteiger partial charge in [-0.2, -0.15) is 0 Å². The second kappa shape index (κ2) is 20.2. The molecule has 0 radical (unpaired) electrons. The van der Waals surface area contributed by atoms with E-state index in [1.807, 2.05) is 91.1 Å². The summed E-state index contributed by atoms with van der Waals surface area (Å²) in [4.78, 5) is 43.3. The van der Waals surface area contributed by atoms with Gasteiger partial charge in [0, 0.05) is 16.7 Å². The molecule has 4 aromatic carbocycles. The highest BCUT2D eigenvalue weighted by Gasteiger charge is 2.03. The van der Waals surface area contributed by atoms with E-state index in [4.69, 9.17) is 22.4 Å². The molecule has 2 amide bonds. The van der Waals surface area contributed by atoms with E-state index in [2.05, 4.69) is 12.3 Å². The standard InChI is InChI=1S/C9H9ClO.2C9H11NO.C9H10O2.2H3N/c4*1-6-3-7(2)5-8(4-6)9(10)11;;/h3-5H,1-2H3;2*3-5H,1-2H3,(H2,10,11);3-5H,1-2H3,(H,10,11);2*1H3/i/hD4. The van der Waals surface area contributed by atoms with E-state index >= 15 is 0 Å². The Morgan fingerprint density at radius 2 is 0.717 bits per heavy atom. The fraction of sp³-hybridized carbons (Fsp3) is 0.222. The van der Waals surface area contributed by atoms with Crippen molar-refractivity contribution in [3.63, 3.8) is 0 Å². The first-order valence-corrected chi connectivity index (χ1v) is 14.0. The van der Waals surface area contributed by atoms with E-state index in [0.29, 0.717) is 22.3 Å². The molecule has 0 bridgehead atoms. The predicted octanol–water partition coefficient (Wildman–Crippen LogP) is 7.81. The number of rotatable bonds is 4. The fourth-order valence-corrected chi connectivity index (χ4v) is 4.51. The smallest absolute Gasteiger partial charge is 0.335 e. The first kappa shape index (κ1) is 35.6. The molecule has 9 nitrogen and oxygen atoms in total. The molecule has 0 aliphatic rings. The summed E-state index contributed by atoms with van der Waals surface area (Å²) in [6.45, 7) is 15.4. The molecule has 0 aliphatic heterocycles. The van der Waals surface area contributed by atoms with Crippen molar-refractivity contribution in [2.75, 3.05) is 0 Å². The van der Waals surface area contributed by atoms with Crippen LogP contribution in [0, 0.1) is 55.4 Å². The molecule has 4 rings (SSSR count). The Hall–Kier alpha value is -4.83. The van der Waals surface area contributed by atoms with Crippen LogP contribution in [0.2, 0.25) is 5.65 Å². The van der Waals surface area contributed by atoms with E-state index in [1.165, 1.54) is 0 Å². The molecule has 0 aromatic heterocycles. The van der Waals surface area contributed by atoms with Crippen LogP contribution in [0.15, 0.2) is 72.8 Å². The van der Waals surface area contributed by atoms with Gasteiger partial charge >= 0.3 is 5.97 Å². The Morgan fingerprint density at radius 3 is 0.913 bits per heavy atom. The number of carbonyl (C=O) groups excluding carboxylic acids is 3. The lowest BCUT2D eigenvalue weighted by Gasteiger charge is -1.99. The van der Waals surface area contributed by atoms with Crippen molar-refractivity contribution < 1.29 is 29.9 Å². The van der Waals surface area contributed by atoms with Crippen molar-refractivity contribution in [3.8, 4) is 0 Å². The van der Waals surface area contributed by atoms with Crippen LogP contribution in [0.25, 0.3) is 0 Å². The van der Waals surface area contributed by atoms with Gasteiger partial charge in [0.1, 0.15) is 2.82 Å². The average Bonchev–Trinajstić information content (AvgIpc) is 3.05. The van der Waals surface area contributed by atoms with E-state index < -0.39 is 11.2 Å². The van der Waals surface area contributed by atoms with Gasteiger partial charge in [-0.1, -0.05) is 68.8 Å². The molecule has 11 N–H and O–H groups in total. The van der Waals surface area contributed by atoms with Crippen LogP contribution in [-0.4, -0.2) is 28.1 Å². The summed E-state index contributed by atoms with van der Waals surface area (Å²) in [6, 6.07) is 21.9. The lowest BCUT2D eigenvalue weighted by molar-refractivity contribution is 0.0696. The van der Waals surface area contributed by atoms with Crippen LogP contribution < -0.4 is 23.7 Å². The predicted molar refractivity (Wildman–Crippen MR) is 188 cm³/mol. The number of aromatic carboxylic acids is 1. The number of hydrogen-bond acceptors (Lipinski definition) is 6. The zero-order chi connectivity index (χ0) is 39.1. The molecule has 0 spiro atoms. The van der Waals surface area contributed by atoms with Crippen molar-refractivity contribution in [3.05, 3.63) is 140 Å². The number of halogens is 1. The monoisotopic (exact) mass is 654 g/mol. The third kappa shape index (κ3) is 16.3. The number of aryl methyl sites for hydroxylation is 8. The van der Waals surface area contributed by atoms with Crippen molar-refractivity contribution in [1.82, 2.24) is 12.3 Å². The number of primary amides is 2. The minimum atomic E-state index is -0.864. The Balaban J connectivity index is 0. The minimum absolute atomic E-state index is 0.359. The molecule has 0 saturated carbocycles. The molecule has 248 valence electrons. The SMILES string of the molecule is Cc1cc(C)cc(C(=O)Cl)c1.Cc1cc(C)cc(C(=O)O)c1.[2H]N.[2H]N.[2H]NC(=O)c1cc(C)cc(C)c1.[2H]NC(=O)c1cc(C)cc(C)c1. The second-order valence-electron chi connectivity index (χ2n) is 10.7. The van der Waals surface area contributed by atoms with Crippen LogP contribution >= 0.6 is 11.6 Å². The van der Waals surface area contributed by atoms with Crippen LogP contribution in [0.5, 0.6) is 0 Å². The van der Waals surface area contributed by atoms with Gasteiger partial charge in [-0.3, -0.25) is 14.4 Å². The number of carbonyl (C=O) groups is 4. The Morgan fingerprint density at radius 1 is 0.500 bits per heavy atom. The number of benzene rings is 4. The van der Waals surface area contributed by atoms with E-state index in [9.17, 15) is 19.2 Å². The molecule has 4 aromatic rings. The first-order valence-electron chi connectivity index (χ1n) is 15.8. The van der Waals surface area contributed by atoms with Gasteiger partial charge in [0.25, 0.3) is 5.24 Å². The van der Waals surface area contributed by atoms with Crippen LogP contribution in [-0.2, 0) is 0 Å². The zero-order valence-electron chi connectivity index (χ0n) is 31.5. The summed E-state index contributed by atoms with van der Waals surface area (Å²) < 4.78 is 23.9. The van der Waals surface area contributed by atoms with Gasteiger partial charge in [0.05, 0.1) is 5.56 Å². The van der Waals surface area contributed by atoms with Gasteiger partial charge in [-0.25, -0.2) is 4.79 Å². The van der Waals surface area contributed by atoms with Gasteiger partial charge < -0.3 is 28.8 Å². The summed E-state index contributed by atoms with van der Waals surface area (Å²) in [5, 5.41) is 8.24. The van der Waals surface area contributed by atoms with Gasteiger partial charge in [-0.15, -0.1) is 0 Å². The minimum Gasteiger partial charge on any atom is -0.478 e. The van der Waals surface area contributed by atoms with Crippen molar-refractivity contribution in [2.45, 2.75) is 55.4 Å². The largest absolute Gasteiger partial charge is 0.478 e. The quantitative estimate of drug-likeness (QED) is 0.137. The first-order chi connectivity index (χ1) is 23.4. The van der Waals surface area contributed by atoms with Crippen molar-refractivity contribution in [2.24, 2.45) is 11.5 Å². The van der Waals surface area contributed by atoms with E-state index in [-0.39, 0.29) is 11.8 Å². The number of carboxylic acids is 1. The van der Waals surface area contributed by atoms with Crippen molar-refractivity contribution in [1.29, 1.82) is 0 Å². The molecule has 0 atom stereocenters. The molecule has 0 saturated heterocycles. The lowest BCUT2D eigenvalue weighted by Crippen LogP contribution is -2.11. The highest BCUT2D eigenvalue weighted by molar-refractivity contribution is 6.67. The molecule has 10 heteroatoms. The summed E-state index contributed by atoms with van der Waals surface area (Å²) in [5.74, 6) is -1.58. The fourth-order valence-electron chi connectivity index (χ4n) is 4.40. The van der Waals surface area contributed by atoms with Crippen LogP contribution in [0.4, 0.5) is 0 Å². The highest BCUT2D eigenvalue weighted by Crippen LogP contribution is 2.11. The molecule has 0 aliphatic carbocycles. The average molecular weight is 655 g/mol. The zero-order valence-corrected chi connectivity index (χ0v) is 28.3. The maximum atomic E-state index is 11.0. The molecule has 0 unspecified atom stereocenters. The third-order valence-corrected chi connectivity index (χ3v) is 6.10. The van der Waals surface area contributed by atoms with Gasteiger partial charge in [0.15, 0.2) is 2.82 Å². The Kier molecular flexibility index (Phi) is 15.7. The molecule has 0 heterocycles. The van der Waals surface area contributed by atoms with E-state index in [1.54, 1.807) is 48.5 Å². The van der Waals surface area contributed by atoms with E-state index in [0.717, 1.165) is 44.5 Å². The highest BCUT2D eigenvalue weighted by atomic mass is 35.5. The Bertz CT molecular complexity index is 1520. The topological polar surface area (TPSA) is 211 Å². The second-order valence-corrected chi connectivity index (χ2v) is 11.1.